The first-order valence-electron chi connectivity index (χ1n) is 11.7. The number of aliphatic hydroxyl groups is 1. The highest BCUT2D eigenvalue weighted by Gasteiger charge is 2.31. The van der Waals surface area contributed by atoms with Crippen LogP contribution in [0.5, 0.6) is 0 Å². The maximum Gasteiger partial charge on any atom is 0.309 e. The molecule has 0 saturated carbocycles. The van der Waals surface area contributed by atoms with Crippen LogP contribution in [0.3, 0.4) is 0 Å². The highest BCUT2D eigenvalue weighted by Crippen LogP contribution is 2.28. The van der Waals surface area contributed by atoms with Gasteiger partial charge >= 0.3 is 5.97 Å². The number of carboxylic acids is 1. The Bertz CT molecular complexity index is 550. The van der Waals surface area contributed by atoms with E-state index in [4.69, 9.17) is 0 Å². The molecule has 0 aliphatic heterocycles. The zero-order valence-corrected chi connectivity index (χ0v) is 18.6. The van der Waals surface area contributed by atoms with Gasteiger partial charge in [0, 0.05) is 0 Å². The van der Waals surface area contributed by atoms with Crippen molar-refractivity contribution >= 4 is 5.97 Å². The van der Waals surface area contributed by atoms with Gasteiger partial charge in [-0.15, -0.1) is 0 Å². The lowest BCUT2D eigenvalue weighted by molar-refractivity contribution is -0.148. The van der Waals surface area contributed by atoms with Gasteiger partial charge in [-0.05, 0) is 63.4 Å². The van der Waals surface area contributed by atoms with Crippen LogP contribution in [0.2, 0.25) is 0 Å². The summed E-state index contributed by atoms with van der Waals surface area (Å²) in [6.07, 6.45) is 17.2. The zero-order chi connectivity index (χ0) is 21.3. The molecular weight excluding hydrogens is 360 g/mol. The minimum atomic E-state index is -0.871. The Morgan fingerprint density at radius 2 is 1.55 bits per heavy atom. The summed E-state index contributed by atoms with van der Waals surface area (Å²) in [5, 5.41) is 19.7. The topological polar surface area (TPSA) is 57.5 Å². The Morgan fingerprint density at radius 1 is 0.931 bits per heavy atom. The van der Waals surface area contributed by atoms with Gasteiger partial charge in [-0.25, -0.2) is 0 Å². The van der Waals surface area contributed by atoms with Crippen molar-refractivity contribution in [3.63, 3.8) is 0 Å². The number of benzene rings is 1. The average molecular weight is 403 g/mol. The van der Waals surface area contributed by atoms with Crippen molar-refractivity contribution in [2.45, 2.75) is 97.0 Å². The predicted molar refractivity (Wildman–Crippen MR) is 122 cm³/mol. The third-order valence-electron chi connectivity index (χ3n) is 5.80. The Morgan fingerprint density at radius 3 is 2.10 bits per heavy atom. The molecule has 0 bridgehead atoms. The lowest BCUT2D eigenvalue weighted by Gasteiger charge is -2.26. The van der Waals surface area contributed by atoms with E-state index in [1.807, 2.05) is 18.2 Å². The highest BCUT2D eigenvalue weighted by atomic mass is 16.4. The number of rotatable bonds is 17. The van der Waals surface area contributed by atoms with Gasteiger partial charge < -0.3 is 10.2 Å². The molecule has 0 fully saturated rings. The first kappa shape index (κ1) is 25.4. The van der Waals surface area contributed by atoms with Crippen molar-refractivity contribution < 1.29 is 15.0 Å². The molecule has 3 heteroatoms. The number of unbranched alkanes of at least 4 members (excludes halogenated alkanes) is 7. The second-order valence-corrected chi connectivity index (χ2v) is 8.35. The van der Waals surface area contributed by atoms with Gasteiger partial charge in [-0.1, -0.05) is 81.5 Å². The lowest BCUT2D eigenvalue weighted by atomic mass is 9.80. The predicted octanol–water partition coefficient (Wildman–Crippen LogP) is 6.79. The van der Waals surface area contributed by atoms with E-state index in [0.717, 1.165) is 44.9 Å². The molecule has 0 unspecified atom stereocenters. The van der Waals surface area contributed by atoms with Crippen molar-refractivity contribution in [1.29, 1.82) is 0 Å². The van der Waals surface area contributed by atoms with Gasteiger partial charge in [0.05, 0.1) is 12.0 Å². The minimum Gasteiger partial charge on any atom is -0.481 e. The van der Waals surface area contributed by atoms with Crippen LogP contribution in [-0.4, -0.2) is 22.3 Å². The number of carboxylic acid groups (broad SMARTS) is 1. The molecule has 0 saturated heterocycles. The van der Waals surface area contributed by atoms with E-state index in [-0.39, 0.29) is 5.92 Å². The van der Waals surface area contributed by atoms with Crippen molar-refractivity contribution in [2.24, 2.45) is 11.8 Å². The molecule has 2 N–H and O–H groups in total. The summed E-state index contributed by atoms with van der Waals surface area (Å²) in [6, 6.07) is 10.2. The van der Waals surface area contributed by atoms with E-state index in [2.05, 4.69) is 31.2 Å². The molecule has 0 amide bonds. The van der Waals surface area contributed by atoms with Crippen LogP contribution in [0.15, 0.2) is 42.5 Å². The largest absolute Gasteiger partial charge is 0.481 e. The molecule has 0 aromatic heterocycles. The third-order valence-corrected chi connectivity index (χ3v) is 5.80. The monoisotopic (exact) mass is 402 g/mol. The smallest absolute Gasteiger partial charge is 0.309 e. The first-order chi connectivity index (χ1) is 14.1. The van der Waals surface area contributed by atoms with Gasteiger partial charge in [0.2, 0.25) is 0 Å². The van der Waals surface area contributed by atoms with Gasteiger partial charge in [0.1, 0.15) is 0 Å². The second-order valence-electron chi connectivity index (χ2n) is 8.35. The molecule has 0 radical (unpaired) electrons. The van der Waals surface area contributed by atoms with Crippen molar-refractivity contribution in [3.8, 4) is 0 Å². The van der Waals surface area contributed by atoms with Crippen LogP contribution < -0.4 is 0 Å². The fourth-order valence-electron chi connectivity index (χ4n) is 4.07. The summed E-state index contributed by atoms with van der Waals surface area (Å²) in [5.41, 5.74) is 1.23. The minimum absolute atomic E-state index is 0.0156. The number of aryl methyl sites for hydroxylation is 1. The number of carbonyl (C=O) groups is 1. The molecule has 164 valence electrons. The first-order valence-corrected chi connectivity index (χ1v) is 11.7. The van der Waals surface area contributed by atoms with Gasteiger partial charge in [0.25, 0.3) is 0 Å². The molecule has 1 aromatic rings. The lowest BCUT2D eigenvalue weighted by Crippen LogP contribution is -2.33. The summed E-state index contributed by atoms with van der Waals surface area (Å²) >= 11 is 0. The standard InChI is InChI=1S/C26H42O3/c1-3-4-5-6-7-8-9-10-11-12-16-19-24(25(22(2)27)26(28)29)21-20-23-17-14-13-15-18-23/h8-9,13-15,17-18,22,24-25,27H,3-7,10-12,16,19-21H2,1-2H3,(H,28,29)/t22-,24+,25+/m0/s1. The van der Waals surface area contributed by atoms with E-state index < -0.39 is 18.0 Å². The second kappa shape index (κ2) is 16.2. The van der Waals surface area contributed by atoms with E-state index in [1.165, 1.54) is 37.7 Å². The molecule has 1 rings (SSSR count). The van der Waals surface area contributed by atoms with Gasteiger partial charge in [-0.3, -0.25) is 4.79 Å². The van der Waals surface area contributed by atoms with Crippen LogP contribution in [0, 0.1) is 11.8 Å². The Kier molecular flexibility index (Phi) is 14.2. The maximum atomic E-state index is 11.7. The van der Waals surface area contributed by atoms with Crippen LogP contribution >= 0.6 is 0 Å². The fourth-order valence-corrected chi connectivity index (χ4v) is 4.07. The summed E-state index contributed by atoms with van der Waals surface area (Å²) in [6.45, 7) is 3.85. The highest BCUT2D eigenvalue weighted by molar-refractivity contribution is 5.71. The number of allylic oxidation sites excluding steroid dienone is 2. The quantitative estimate of drug-likeness (QED) is 0.223. The number of hydrogen-bond acceptors (Lipinski definition) is 2. The van der Waals surface area contributed by atoms with Crippen molar-refractivity contribution in [2.75, 3.05) is 0 Å². The van der Waals surface area contributed by atoms with E-state index >= 15 is 0 Å². The molecule has 0 heterocycles. The summed E-state index contributed by atoms with van der Waals surface area (Å²) < 4.78 is 0. The van der Waals surface area contributed by atoms with Crippen molar-refractivity contribution in [3.05, 3.63) is 48.0 Å². The number of aliphatic hydroxyl groups excluding tert-OH is 1. The molecule has 1 aromatic carbocycles. The van der Waals surface area contributed by atoms with E-state index in [9.17, 15) is 15.0 Å². The van der Waals surface area contributed by atoms with Gasteiger partial charge in [0.15, 0.2) is 0 Å². The summed E-state index contributed by atoms with van der Waals surface area (Å²) in [7, 11) is 0. The van der Waals surface area contributed by atoms with Crippen LogP contribution in [0.25, 0.3) is 0 Å². The maximum absolute atomic E-state index is 11.7. The summed E-state index contributed by atoms with van der Waals surface area (Å²) in [4.78, 5) is 11.7. The SMILES string of the molecule is CCCCCCC=CCCCCC[C@H](CCc1ccccc1)[C@H](C(=O)O)[C@H](C)O. The van der Waals surface area contributed by atoms with Gasteiger partial charge in [-0.2, -0.15) is 0 Å². The average Bonchev–Trinajstić information content (AvgIpc) is 2.70. The van der Waals surface area contributed by atoms with Crippen molar-refractivity contribution in [1.82, 2.24) is 0 Å². The molecule has 3 atom stereocenters. The molecule has 29 heavy (non-hydrogen) atoms. The van der Waals surface area contributed by atoms with Crippen LogP contribution in [0.1, 0.15) is 90.0 Å². The Hall–Kier alpha value is -1.61. The summed E-state index contributed by atoms with van der Waals surface area (Å²) in [5.74, 6) is -1.53. The van der Waals surface area contributed by atoms with E-state index in [1.54, 1.807) is 6.92 Å². The van der Waals surface area contributed by atoms with Crippen LogP contribution in [0.4, 0.5) is 0 Å². The third kappa shape index (κ3) is 11.9. The molecule has 3 nitrogen and oxygen atoms in total. The number of aliphatic carboxylic acids is 1. The molecule has 0 aliphatic rings. The molecule has 0 spiro atoms. The molecular formula is C26H42O3. The Labute approximate surface area is 178 Å². The normalized spacial score (nSPS) is 14.7. The molecule has 0 aliphatic carbocycles. The van der Waals surface area contributed by atoms with Crippen LogP contribution in [-0.2, 0) is 11.2 Å². The zero-order valence-electron chi connectivity index (χ0n) is 18.6. The number of hydrogen-bond donors (Lipinski definition) is 2. The van der Waals surface area contributed by atoms with E-state index in [0.29, 0.717) is 0 Å². The Balaban J connectivity index is 2.37. The fraction of sp³-hybridized carbons (Fsp3) is 0.654.